The predicted octanol–water partition coefficient (Wildman–Crippen LogP) is 4.34. The average Bonchev–Trinajstić information content (AvgIpc) is 2.64. The van der Waals surface area contributed by atoms with Gasteiger partial charge in [0.15, 0.2) is 0 Å². The molecule has 0 bridgehead atoms. The van der Waals surface area contributed by atoms with Gasteiger partial charge in [0.2, 0.25) is 5.95 Å². The van der Waals surface area contributed by atoms with Crippen LogP contribution in [0.1, 0.15) is 16.1 Å². The van der Waals surface area contributed by atoms with Gasteiger partial charge < -0.3 is 15.4 Å². The summed E-state index contributed by atoms with van der Waals surface area (Å²) in [5, 5.41) is 5.59. The number of para-hydroxylation sites is 1. The molecule has 0 fully saturated rings. The van der Waals surface area contributed by atoms with E-state index >= 15 is 0 Å². The number of ether oxygens (including phenoxy) is 1. The Morgan fingerprint density at radius 2 is 1.70 bits per heavy atom. The molecule has 0 aliphatic carbocycles. The zero-order valence-electron chi connectivity index (χ0n) is 14.6. The molecule has 0 radical (unpaired) electrons. The number of nitrogens with zero attached hydrogens (tertiary/aromatic N) is 2. The predicted molar refractivity (Wildman–Crippen MR) is 97.5 cm³/mol. The number of anilines is 4. The van der Waals surface area contributed by atoms with E-state index in [4.69, 9.17) is 0 Å². The van der Waals surface area contributed by atoms with Crippen LogP contribution in [-0.2, 0) is 4.74 Å². The molecule has 0 atom stereocenters. The number of aryl methyl sites for hydroxylation is 1. The van der Waals surface area contributed by atoms with E-state index in [0.717, 1.165) is 12.1 Å². The van der Waals surface area contributed by atoms with E-state index in [2.05, 4.69) is 25.3 Å². The second-order valence-electron chi connectivity index (χ2n) is 5.64. The van der Waals surface area contributed by atoms with Crippen molar-refractivity contribution in [2.45, 2.75) is 6.92 Å². The van der Waals surface area contributed by atoms with Crippen molar-refractivity contribution in [1.82, 2.24) is 9.97 Å². The summed E-state index contributed by atoms with van der Waals surface area (Å²) < 4.78 is 32.4. The van der Waals surface area contributed by atoms with Crippen LogP contribution in [0.15, 0.2) is 48.5 Å². The van der Waals surface area contributed by atoms with Crippen molar-refractivity contribution in [3.8, 4) is 0 Å². The van der Waals surface area contributed by atoms with Gasteiger partial charge in [-0.25, -0.2) is 18.6 Å². The van der Waals surface area contributed by atoms with Gasteiger partial charge in [0.05, 0.1) is 12.7 Å². The summed E-state index contributed by atoms with van der Waals surface area (Å²) in [4.78, 5) is 20.1. The van der Waals surface area contributed by atoms with E-state index in [1.165, 1.54) is 13.2 Å². The first-order valence-corrected chi connectivity index (χ1v) is 7.98. The lowest BCUT2D eigenvalue weighted by Crippen LogP contribution is -2.05. The molecule has 3 aromatic rings. The average molecular weight is 370 g/mol. The van der Waals surface area contributed by atoms with Gasteiger partial charge in [-0.2, -0.15) is 4.98 Å². The Kier molecular flexibility index (Phi) is 5.25. The topological polar surface area (TPSA) is 76.1 Å². The van der Waals surface area contributed by atoms with Gasteiger partial charge in [-0.3, -0.25) is 0 Å². The van der Waals surface area contributed by atoms with Crippen molar-refractivity contribution < 1.29 is 18.3 Å². The Balaban J connectivity index is 1.87. The van der Waals surface area contributed by atoms with Crippen molar-refractivity contribution in [3.05, 3.63) is 71.4 Å². The first kappa shape index (κ1) is 18.2. The molecule has 1 aromatic heterocycles. The quantitative estimate of drug-likeness (QED) is 0.651. The Morgan fingerprint density at radius 3 is 2.41 bits per heavy atom. The maximum Gasteiger partial charge on any atom is 0.337 e. The molecule has 0 spiro atoms. The van der Waals surface area contributed by atoms with E-state index in [9.17, 15) is 13.6 Å². The monoisotopic (exact) mass is 370 g/mol. The zero-order valence-corrected chi connectivity index (χ0v) is 14.6. The third-order valence-electron chi connectivity index (χ3n) is 3.61. The number of halogens is 2. The Hall–Kier alpha value is -3.55. The van der Waals surface area contributed by atoms with Crippen LogP contribution in [0.25, 0.3) is 0 Å². The molecule has 0 aliphatic rings. The fourth-order valence-electron chi connectivity index (χ4n) is 2.40. The smallest absolute Gasteiger partial charge is 0.337 e. The molecule has 0 amide bonds. The molecular formula is C19H16F2N4O2. The van der Waals surface area contributed by atoms with E-state index in [1.807, 2.05) is 0 Å². The van der Waals surface area contributed by atoms with Crippen LogP contribution < -0.4 is 10.6 Å². The number of nitrogens with one attached hydrogen (secondary N) is 2. The summed E-state index contributed by atoms with van der Waals surface area (Å²) >= 11 is 0. The van der Waals surface area contributed by atoms with Crippen LogP contribution in [0, 0.1) is 18.6 Å². The maximum atomic E-state index is 13.8. The van der Waals surface area contributed by atoms with Crippen molar-refractivity contribution >= 4 is 29.1 Å². The molecule has 3 rings (SSSR count). The largest absolute Gasteiger partial charge is 0.465 e. The molecule has 2 N–H and O–H groups in total. The normalized spacial score (nSPS) is 10.4. The van der Waals surface area contributed by atoms with Crippen LogP contribution in [0.5, 0.6) is 0 Å². The number of carbonyl (C=O) groups excluding carboxylic acids is 1. The molecule has 0 saturated carbocycles. The van der Waals surface area contributed by atoms with Gasteiger partial charge >= 0.3 is 5.97 Å². The van der Waals surface area contributed by atoms with E-state index in [0.29, 0.717) is 16.9 Å². The number of esters is 1. The minimum absolute atomic E-state index is 0.205. The molecule has 2 aromatic carbocycles. The number of hydrogen-bond donors (Lipinski definition) is 2. The van der Waals surface area contributed by atoms with Gasteiger partial charge in [0.1, 0.15) is 23.1 Å². The zero-order chi connectivity index (χ0) is 19.4. The van der Waals surface area contributed by atoms with Crippen molar-refractivity contribution in [3.63, 3.8) is 0 Å². The lowest BCUT2D eigenvalue weighted by molar-refractivity contribution is 0.0601. The first-order valence-electron chi connectivity index (χ1n) is 7.98. The summed E-state index contributed by atoms with van der Waals surface area (Å²) in [6.07, 6.45) is 0. The minimum Gasteiger partial charge on any atom is -0.465 e. The Bertz CT molecular complexity index is 975. The van der Waals surface area contributed by atoms with Crippen LogP contribution in [0.3, 0.4) is 0 Å². The maximum absolute atomic E-state index is 13.8. The lowest BCUT2D eigenvalue weighted by Gasteiger charge is -2.11. The van der Waals surface area contributed by atoms with Gasteiger partial charge in [-0.15, -0.1) is 0 Å². The summed E-state index contributed by atoms with van der Waals surface area (Å²) in [5.74, 6) is -1.51. The fourth-order valence-corrected chi connectivity index (χ4v) is 2.40. The SMILES string of the molecule is COC(=O)c1cccc(Nc2nc(C)cc(Nc3c(F)cccc3F)n2)c1. The summed E-state index contributed by atoms with van der Waals surface area (Å²) in [5.41, 5.74) is 1.21. The molecular weight excluding hydrogens is 354 g/mol. The molecule has 0 aliphatic heterocycles. The molecule has 27 heavy (non-hydrogen) atoms. The highest BCUT2D eigenvalue weighted by atomic mass is 19.1. The third-order valence-corrected chi connectivity index (χ3v) is 3.61. The third kappa shape index (κ3) is 4.35. The Morgan fingerprint density at radius 1 is 1.00 bits per heavy atom. The van der Waals surface area contributed by atoms with Crippen molar-refractivity contribution in [2.75, 3.05) is 17.7 Å². The molecule has 138 valence electrons. The minimum atomic E-state index is -0.730. The van der Waals surface area contributed by atoms with Crippen molar-refractivity contribution in [1.29, 1.82) is 0 Å². The number of rotatable bonds is 5. The number of carbonyl (C=O) groups is 1. The highest BCUT2D eigenvalue weighted by molar-refractivity contribution is 5.90. The molecule has 0 unspecified atom stereocenters. The van der Waals surface area contributed by atoms with Crippen LogP contribution in [0.2, 0.25) is 0 Å². The summed E-state index contributed by atoms with van der Waals surface area (Å²) in [7, 11) is 1.30. The molecule has 0 saturated heterocycles. The van der Waals surface area contributed by atoms with Gasteiger partial charge in [0, 0.05) is 17.4 Å². The van der Waals surface area contributed by atoms with Crippen LogP contribution >= 0.6 is 0 Å². The molecule has 8 heteroatoms. The fraction of sp³-hybridized carbons (Fsp3) is 0.105. The van der Waals surface area contributed by atoms with E-state index in [1.54, 1.807) is 37.3 Å². The first-order chi connectivity index (χ1) is 13.0. The lowest BCUT2D eigenvalue weighted by atomic mass is 10.2. The van der Waals surface area contributed by atoms with E-state index in [-0.39, 0.29) is 17.5 Å². The number of benzene rings is 2. The van der Waals surface area contributed by atoms with Crippen molar-refractivity contribution in [2.24, 2.45) is 0 Å². The number of methoxy groups -OCH3 is 1. The second kappa shape index (κ2) is 7.77. The molecule has 1 heterocycles. The second-order valence-corrected chi connectivity index (χ2v) is 5.64. The standard InChI is InChI=1S/C19H16F2N4O2/c1-11-9-16(24-17-14(20)7-4-8-15(17)21)25-19(22-11)23-13-6-3-5-12(10-13)18(26)27-2/h3-10H,1-2H3,(H2,22,23,24,25). The van der Waals surface area contributed by atoms with Crippen LogP contribution in [0.4, 0.5) is 31.9 Å². The Labute approximate surface area is 154 Å². The highest BCUT2D eigenvalue weighted by Gasteiger charge is 2.11. The number of hydrogen-bond acceptors (Lipinski definition) is 6. The summed E-state index contributed by atoms with van der Waals surface area (Å²) in [6, 6.07) is 11.7. The highest BCUT2D eigenvalue weighted by Crippen LogP contribution is 2.24. The number of aromatic nitrogens is 2. The van der Waals surface area contributed by atoms with Gasteiger partial charge in [0.25, 0.3) is 0 Å². The summed E-state index contributed by atoms with van der Waals surface area (Å²) in [6.45, 7) is 1.72. The van der Waals surface area contributed by atoms with E-state index < -0.39 is 17.6 Å². The molecule has 6 nitrogen and oxygen atoms in total. The van der Waals surface area contributed by atoms with Crippen LogP contribution in [-0.4, -0.2) is 23.0 Å². The van der Waals surface area contributed by atoms with Gasteiger partial charge in [-0.05, 0) is 37.3 Å². The van der Waals surface area contributed by atoms with Gasteiger partial charge in [-0.1, -0.05) is 12.1 Å².